The third kappa shape index (κ3) is 71.1. The van der Waals surface area contributed by atoms with Gasteiger partial charge < -0.3 is 33.8 Å². The summed E-state index contributed by atoms with van der Waals surface area (Å²) in [6, 6.07) is 0. The van der Waals surface area contributed by atoms with E-state index in [1.165, 1.54) is 51.4 Å². The van der Waals surface area contributed by atoms with Gasteiger partial charge in [0.25, 0.3) is 0 Å². The van der Waals surface area contributed by atoms with Crippen molar-refractivity contribution in [3.8, 4) is 0 Å². The summed E-state index contributed by atoms with van der Waals surface area (Å²) < 4.78 is 68.3. The molecule has 17 nitrogen and oxygen atoms in total. The van der Waals surface area contributed by atoms with Crippen LogP contribution < -0.4 is 0 Å². The fourth-order valence-corrected chi connectivity index (χ4v) is 10.9. The summed E-state index contributed by atoms with van der Waals surface area (Å²) in [5, 5.41) is 10.6. The predicted molar refractivity (Wildman–Crippen MR) is 408 cm³/mol. The van der Waals surface area contributed by atoms with Crippen molar-refractivity contribution in [2.45, 2.75) is 290 Å². The predicted octanol–water partition coefficient (Wildman–Crippen LogP) is 21.7. The van der Waals surface area contributed by atoms with Crippen molar-refractivity contribution in [1.29, 1.82) is 0 Å². The zero-order valence-corrected chi connectivity index (χ0v) is 63.6. The van der Waals surface area contributed by atoms with Gasteiger partial charge in [0.05, 0.1) is 26.4 Å². The van der Waals surface area contributed by atoms with Crippen molar-refractivity contribution >= 4 is 39.5 Å². The lowest BCUT2D eigenvalue weighted by molar-refractivity contribution is -0.161. The molecule has 568 valence electrons. The Morgan fingerprint density at radius 3 is 0.840 bits per heavy atom. The van der Waals surface area contributed by atoms with E-state index in [4.69, 9.17) is 37.0 Å². The molecule has 0 aromatic carbocycles. The molecule has 5 atom stereocenters. The molecule has 0 fully saturated rings. The Labute approximate surface area is 604 Å². The molecule has 0 aromatic heterocycles. The van der Waals surface area contributed by atoms with E-state index >= 15 is 0 Å². The van der Waals surface area contributed by atoms with Crippen LogP contribution in [0.3, 0.4) is 0 Å². The molecule has 0 radical (unpaired) electrons. The van der Waals surface area contributed by atoms with E-state index in [0.29, 0.717) is 38.5 Å². The van der Waals surface area contributed by atoms with Crippen molar-refractivity contribution in [2.75, 3.05) is 39.6 Å². The van der Waals surface area contributed by atoms with Crippen LogP contribution in [0.4, 0.5) is 0 Å². The molecule has 0 rings (SSSR count). The first-order chi connectivity index (χ1) is 48.7. The zero-order valence-electron chi connectivity index (χ0n) is 61.8. The third-order valence-corrected chi connectivity index (χ3v) is 16.9. The summed E-state index contributed by atoms with van der Waals surface area (Å²) in [6.07, 6.45) is 82.6. The van der Waals surface area contributed by atoms with Gasteiger partial charge in [-0.2, -0.15) is 0 Å². The molecule has 0 saturated carbocycles. The number of carbonyl (C=O) groups is 4. The van der Waals surface area contributed by atoms with Crippen molar-refractivity contribution in [3.05, 3.63) is 158 Å². The molecule has 19 heteroatoms. The first kappa shape index (κ1) is 94.7. The number of allylic oxidation sites excluding steroid dienone is 26. The number of carbonyl (C=O) groups excluding carboxylic acids is 4. The average Bonchev–Trinajstić information content (AvgIpc) is 0.965. The Hall–Kier alpha value is -5.32. The SMILES string of the molecule is CC/C=C\C/C=C\C/C=C\C/C=C\C/C=C\CCCC(=O)OCC(COP(=O)(O)OCC(O)COP(=O)(O)OCC(COC(=O)CCCC/C=C\C/C=C\C/C=C\C/C=C\CC)OC(=O)CCCC/C=C\C/C=C\C/C=C\C/C=C\CC)OC(=O)CCCCCCCCCCCCCCC. The smallest absolute Gasteiger partial charge is 0.462 e. The van der Waals surface area contributed by atoms with Gasteiger partial charge in [0.2, 0.25) is 0 Å². The second-order valence-electron chi connectivity index (χ2n) is 24.5. The van der Waals surface area contributed by atoms with E-state index in [0.717, 1.165) is 128 Å². The number of hydrogen-bond donors (Lipinski definition) is 3. The maximum atomic E-state index is 13.1. The van der Waals surface area contributed by atoms with Gasteiger partial charge in [-0.1, -0.05) is 263 Å². The maximum absolute atomic E-state index is 13.1. The van der Waals surface area contributed by atoms with E-state index in [1.807, 2.05) is 12.2 Å². The number of hydrogen-bond acceptors (Lipinski definition) is 15. The highest BCUT2D eigenvalue weighted by Gasteiger charge is 2.30. The molecule has 0 aliphatic heterocycles. The van der Waals surface area contributed by atoms with E-state index in [2.05, 4.69) is 174 Å². The first-order valence-electron chi connectivity index (χ1n) is 37.7. The van der Waals surface area contributed by atoms with Crippen LogP contribution in [0.5, 0.6) is 0 Å². The van der Waals surface area contributed by atoms with Crippen molar-refractivity contribution in [1.82, 2.24) is 0 Å². The van der Waals surface area contributed by atoms with Gasteiger partial charge in [-0.15, -0.1) is 0 Å². The normalized spacial score (nSPS) is 14.8. The number of rotatable bonds is 69. The fraction of sp³-hybridized carbons (Fsp3) is 0.630. The second kappa shape index (κ2) is 72.0. The van der Waals surface area contributed by atoms with Crippen LogP contribution in [-0.2, 0) is 65.4 Å². The summed E-state index contributed by atoms with van der Waals surface area (Å²) in [4.78, 5) is 72.8. The maximum Gasteiger partial charge on any atom is 0.472 e. The lowest BCUT2D eigenvalue weighted by atomic mass is 10.0. The minimum Gasteiger partial charge on any atom is -0.462 e. The van der Waals surface area contributed by atoms with Crippen molar-refractivity contribution in [2.24, 2.45) is 0 Å². The van der Waals surface area contributed by atoms with Crippen LogP contribution in [0.2, 0.25) is 0 Å². The Balaban J connectivity index is 5.48. The fourth-order valence-electron chi connectivity index (χ4n) is 9.35. The molecule has 100 heavy (non-hydrogen) atoms. The highest BCUT2D eigenvalue weighted by molar-refractivity contribution is 7.47. The van der Waals surface area contributed by atoms with Gasteiger partial charge in [-0.3, -0.25) is 37.3 Å². The largest absolute Gasteiger partial charge is 0.472 e. The highest BCUT2D eigenvalue weighted by atomic mass is 31.2. The summed E-state index contributed by atoms with van der Waals surface area (Å²) in [6.45, 7) is 4.34. The van der Waals surface area contributed by atoms with Gasteiger partial charge in [0.1, 0.15) is 19.3 Å². The van der Waals surface area contributed by atoms with Crippen molar-refractivity contribution < 1.29 is 80.2 Å². The minimum absolute atomic E-state index is 0.0272. The van der Waals surface area contributed by atoms with Gasteiger partial charge in [0, 0.05) is 25.7 Å². The number of phosphoric acid groups is 2. The molecular weight excluding hydrogens is 1310 g/mol. The molecule has 0 aliphatic rings. The number of esters is 4. The number of phosphoric ester groups is 2. The molecule has 3 N–H and O–H groups in total. The van der Waals surface area contributed by atoms with Crippen molar-refractivity contribution in [3.63, 3.8) is 0 Å². The second-order valence-corrected chi connectivity index (χ2v) is 27.4. The number of ether oxygens (including phenoxy) is 4. The van der Waals surface area contributed by atoms with E-state index < -0.39 is 97.5 Å². The molecule has 0 spiro atoms. The van der Waals surface area contributed by atoms with Crippen LogP contribution in [0, 0.1) is 0 Å². The summed E-state index contributed by atoms with van der Waals surface area (Å²) in [7, 11) is -10.00. The minimum atomic E-state index is -5.00. The molecule has 0 amide bonds. The van der Waals surface area contributed by atoms with Crippen LogP contribution in [0.25, 0.3) is 0 Å². The van der Waals surface area contributed by atoms with Gasteiger partial charge >= 0.3 is 39.5 Å². The quantitative estimate of drug-likeness (QED) is 0.0169. The lowest BCUT2D eigenvalue weighted by Crippen LogP contribution is -2.30. The van der Waals surface area contributed by atoms with Crippen LogP contribution in [0.15, 0.2) is 158 Å². The lowest BCUT2D eigenvalue weighted by Gasteiger charge is -2.21. The monoisotopic (exact) mass is 1440 g/mol. The Morgan fingerprint density at radius 1 is 0.290 bits per heavy atom. The molecule has 0 bridgehead atoms. The van der Waals surface area contributed by atoms with Gasteiger partial charge in [-0.05, 0) is 141 Å². The zero-order chi connectivity index (χ0) is 73.2. The third-order valence-electron chi connectivity index (χ3n) is 15.0. The van der Waals surface area contributed by atoms with Crippen LogP contribution >= 0.6 is 15.6 Å². The highest BCUT2D eigenvalue weighted by Crippen LogP contribution is 2.45. The van der Waals surface area contributed by atoms with Crippen LogP contribution in [0.1, 0.15) is 272 Å². The van der Waals surface area contributed by atoms with Gasteiger partial charge in [0.15, 0.2) is 12.2 Å². The standard InChI is InChI=1S/C81H132O17P2/c1-5-9-13-17-21-25-29-33-36-37-40-43-46-50-54-58-62-66-79(84)92-71-76(97-80(85)67-63-59-55-51-47-41-32-28-24-20-16-12-8-4)73-95-99(87,88)93-69-75(82)70-94-100(89,90)96-74-77(98-81(86)68-64-60-56-52-48-44-39-35-31-27-23-19-15-11-7-3)72-91-78(83)65-61-57-53-49-45-42-38-34-30-26-22-18-14-10-6-2/h9-11,13-15,21-23,25-27,33-36,38-40,43,45,48-50,52,54,75-77,82H,5-8,12,16-20,24,28-32,37,41-42,44,46-47,51,53,55-74H2,1-4H3,(H,87,88)(H,89,90)/b13-9-,14-10-,15-11-,25-21-,26-22-,27-23-,36-33-,38-34-,39-35-,43-40-,49-45-,52-48-,54-50-. The molecule has 0 aromatic rings. The number of unbranched alkanes of at least 4 members (excludes halogenated alkanes) is 17. The molecule has 5 unspecified atom stereocenters. The summed E-state index contributed by atoms with van der Waals surface area (Å²) in [5.41, 5.74) is 0. The van der Waals surface area contributed by atoms with E-state index in [9.17, 15) is 43.2 Å². The Morgan fingerprint density at radius 2 is 0.530 bits per heavy atom. The topological polar surface area (TPSA) is 237 Å². The molecular formula is C81H132O17P2. The summed E-state index contributed by atoms with van der Waals surface area (Å²) in [5.74, 6) is -2.35. The Bertz CT molecular complexity index is 2520. The first-order valence-corrected chi connectivity index (χ1v) is 40.7. The van der Waals surface area contributed by atoms with Gasteiger partial charge in [-0.25, -0.2) is 9.13 Å². The summed E-state index contributed by atoms with van der Waals surface area (Å²) >= 11 is 0. The van der Waals surface area contributed by atoms with E-state index in [1.54, 1.807) is 0 Å². The molecule has 0 aliphatic carbocycles. The Kier molecular flexibility index (Phi) is 68.2. The molecule has 0 saturated heterocycles. The average molecular weight is 1440 g/mol. The molecule has 0 heterocycles. The number of aliphatic hydroxyl groups excluding tert-OH is 1. The van der Waals surface area contributed by atoms with Crippen LogP contribution in [-0.4, -0.2) is 96.7 Å². The number of aliphatic hydroxyl groups is 1. The van der Waals surface area contributed by atoms with E-state index in [-0.39, 0.29) is 25.7 Å².